The maximum Gasteiger partial charge on any atom is 0.325 e. The summed E-state index contributed by atoms with van der Waals surface area (Å²) >= 11 is 0. The fraction of sp³-hybridized carbons (Fsp3) is 0.486. The number of esters is 1. The van der Waals surface area contributed by atoms with Gasteiger partial charge in [0.2, 0.25) is 11.8 Å². The van der Waals surface area contributed by atoms with Gasteiger partial charge < -0.3 is 20.5 Å². The predicted molar refractivity (Wildman–Crippen MR) is 171 cm³/mol. The van der Waals surface area contributed by atoms with Gasteiger partial charge >= 0.3 is 5.97 Å². The van der Waals surface area contributed by atoms with E-state index in [1.165, 1.54) is 11.1 Å². The number of fused-ring (bicyclic) bond motifs is 4. The van der Waals surface area contributed by atoms with Crippen molar-refractivity contribution in [1.82, 2.24) is 21.1 Å². The third-order valence-electron chi connectivity index (χ3n) is 8.65. The highest BCUT2D eigenvalue weighted by atomic mass is 16.5. The number of hydrogen-bond acceptors (Lipinski definition) is 7. The van der Waals surface area contributed by atoms with Crippen molar-refractivity contribution < 1.29 is 29.0 Å². The number of carbonyl (C=O) groups is 4. The molecule has 5 atom stereocenters. The second-order valence-electron chi connectivity index (χ2n) is 12.6. The Hall–Kier alpha value is -4.18. The van der Waals surface area contributed by atoms with Gasteiger partial charge in [0.15, 0.2) is 0 Å². The van der Waals surface area contributed by atoms with E-state index < -0.39 is 35.9 Å². The molecule has 2 aliphatic heterocycles. The number of nitrogens with one attached hydrogen (secondary N) is 3. The highest BCUT2D eigenvalue weighted by molar-refractivity contribution is 5.93. The molecule has 2 heterocycles. The SMILES string of the molecule is CC(C)[C@@H]1NC(=O)[C@H](C)[C@H](C)CC/C=C/c2cccc(c2)COC(=O)[C@@H]2CCCN(N2)C(=O)[C@H](Cc2cccc(O)c2)NC1=O. The first-order valence-corrected chi connectivity index (χ1v) is 15.9. The predicted octanol–water partition coefficient (Wildman–Crippen LogP) is 3.88. The lowest BCUT2D eigenvalue weighted by Gasteiger charge is -2.35. The number of benzene rings is 2. The van der Waals surface area contributed by atoms with Crippen LogP contribution in [0.1, 0.15) is 70.1 Å². The summed E-state index contributed by atoms with van der Waals surface area (Å²) in [4.78, 5) is 54.0. The van der Waals surface area contributed by atoms with Crippen LogP contribution in [-0.4, -0.2) is 58.5 Å². The van der Waals surface area contributed by atoms with Crippen molar-refractivity contribution in [3.8, 4) is 5.75 Å². The summed E-state index contributed by atoms with van der Waals surface area (Å²) in [7, 11) is 0. The zero-order valence-electron chi connectivity index (χ0n) is 26.6. The lowest BCUT2D eigenvalue weighted by atomic mass is 9.90. The highest BCUT2D eigenvalue weighted by Crippen LogP contribution is 2.20. The van der Waals surface area contributed by atoms with Crippen LogP contribution in [0.15, 0.2) is 54.6 Å². The second-order valence-corrected chi connectivity index (χ2v) is 12.6. The van der Waals surface area contributed by atoms with Crippen LogP contribution in [0.4, 0.5) is 0 Å². The van der Waals surface area contributed by atoms with Crippen molar-refractivity contribution in [3.63, 3.8) is 0 Å². The molecule has 1 fully saturated rings. The highest BCUT2D eigenvalue weighted by Gasteiger charge is 2.35. The number of phenolic OH excluding ortho intramolecular Hbond substituents is 1. The smallest absolute Gasteiger partial charge is 0.325 e. The summed E-state index contributed by atoms with van der Waals surface area (Å²) in [5, 5.41) is 17.2. The summed E-state index contributed by atoms with van der Waals surface area (Å²) in [6, 6.07) is 11.7. The molecular formula is C35H46N4O6. The van der Waals surface area contributed by atoms with Crippen LogP contribution in [0.5, 0.6) is 5.75 Å². The Bertz CT molecular complexity index is 1390. The van der Waals surface area contributed by atoms with Gasteiger partial charge in [-0.15, -0.1) is 0 Å². The molecule has 0 aliphatic carbocycles. The summed E-state index contributed by atoms with van der Waals surface area (Å²) < 4.78 is 5.64. The molecule has 0 unspecified atom stereocenters. The van der Waals surface area contributed by atoms with Gasteiger partial charge in [0, 0.05) is 18.9 Å². The Morgan fingerprint density at radius 3 is 2.51 bits per heavy atom. The molecule has 2 aliphatic rings. The number of phenols is 1. The first-order valence-electron chi connectivity index (χ1n) is 15.9. The minimum Gasteiger partial charge on any atom is -0.508 e. The van der Waals surface area contributed by atoms with Crippen LogP contribution in [0.3, 0.4) is 0 Å². The van der Waals surface area contributed by atoms with E-state index >= 15 is 0 Å². The number of aromatic hydroxyl groups is 1. The van der Waals surface area contributed by atoms with Crippen molar-refractivity contribution in [3.05, 3.63) is 71.3 Å². The standard InChI is InChI=1S/C35H46N4O6/c1-22(2)31-33(42)36-30(20-26-13-8-15-28(40)19-26)34(43)39-17-9-16-29(38-39)35(44)45-21-27-14-7-12-25(18-27)11-6-5-10-23(3)24(4)32(41)37-31/h6-8,11-15,18-19,22-24,29-31,38,40H,5,9-10,16-17,20-21H2,1-4H3,(H,36,42)(H,37,41)/b11-6+/t23-,24-,29+,30+,31+/m1/s1. The van der Waals surface area contributed by atoms with Gasteiger partial charge in [0.05, 0.1) is 0 Å². The molecule has 0 radical (unpaired) electrons. The zero-order chi connectivity index (χ0) is 32.5. The minimum absolute atomic E-state index is 0.0417. The molecule has 4 rings (SSSR count). The lowest BCUT2D eigenvalue weighted by Crippen LogP contribution is -2.62. The van der Waals surface area contributed by atoms with E-state index in [2.05, 4.69) is 22.1 Å². The van der Waals surface area contributed by atoms with E-state index in [0.29, 0.717) is 24.9 Å². The van der Waals surface area contributed by atoms with Gasteiger partial charge in [-0.05, 0) is 72.4 Å². The van der Waals surface area contributed by atoms with Gasteiger partial charge in [-0.25, -0.2) is 5.43 Å². The van der Waals surface area contributed by atoms with Crippen molar-refractivity contribution in [2.75, 3.05) is 6.54 Å². The molecule has 4 N–H and O–H groups in total. The van der Waals surface area contributed by atoms with Gasteiger partial charge in [-0.2, -0.15) is 0 Å². The first kappa shape index (κ1) is 33.7. The monoisotopic (exact) mass is 618 g/mol. The molecule has 10 nitrogen and oxygen atoms in total. The Morgan fingerprint density at radius 2 is 1.76 bits per heavy atom. The number of amides is 3. The number of cyclic esters (lactones) is 1. The van der Waals surface area contributed by atoms with Crippen molar-refractivity contribution in [2.45, 2.75) is 84.5 Å². The zero-order valence-corrected chi connectivity index (χ0v) is 26.6. The third-order valence-corrected chi connectivity index (χ3v) is 8.65. The maximum atomic E-state index is 13.9. The van der Waals surface area contributed by atoms with E-state index in [1.807, 2.05) is 58.0 Å². The lowest BCUT2D eigenvalue weighted by molar-refractivity contribution is -0.154. The van der Waals surface area contributed by atoms with Crippen LogP contribution in [0, 0.1) is 17.8 Å². The quantitative estimate of drug-likeness (QED) is 0.383. The van der Waals surface area contributed by atoms with E-state index in [4.69, 9.17) is 4.74 Å². The number of allylic oxidation sites excluding steroid dienone is 1. The number of nitrogens with zero attached hydrogens (tertiary/aromatic N) is 1. The number of ether oxygens (including phenoxy) is 1. The topological polar surface area (TPSA) is 137 Å². The summed E-state index contributed by atoms with van der Waals surface area (Å²) in [5.74, 6) is -2.06. The van der Waals surface area contributed by atoms with Crippen LogP contribution >= 0.6 is 0 Å². The van der Waals surface area contributed by atoms with Crippen molar-refractivity contribution >= 4 is 29.8 Å². The molecule has 242 valence electrons. The second kappa shape index (κ2) is 15.7. The van der Waals surface area contributed by atoms with E-state index in [1.54, 1.807) is 18.2 Å². The van der Waals surface area contributed by atoms with E-state index in [-0.39, 0.29) is 42.4 Å². The Balaban J connectivity index is 1.63. The first-order chi connectivity index (χ1) is 21.5. The Labute approximate surface area is 265 Å². The van der Waals surface area contributed by atoms with E-state index in [9.17, 15) is 24.3 Å². The average molecular weight is 619 g/mol. The number of rotatable bonds is 3. The average Bonchev–Trinajstić information content (AvgIpc) is 3.02. The minimum atomic E-state index is -1.02. The number of hydrazine groups is 1. The molecule has 0 saturated carbocycles. The third kappa shape index (κ3) is 9.41. The fourth-order valence-electron chi connectivity index (χ4n) is 5.63. The molecule has 4 bridgehead atoms. The normalized spacial score (nSPS) is 26.6. The van der Waals surface area contributed by atoms with Crippen LogP contribution in [0.25, 0.3) is 6.08 Å². The van der Waals surface area contributed by atoms with Crippen molar-refractivity contribution in [2.24, 2.45) is 17.8 Å². The fourth-order valence-corrected chi connectivity index (χ4v) is 5.63. The van der Waals surface area contributed by atoms with Gasteiger partial charge in [0.25, 0.3) is 5.91 Å². The molecule has 1 saturated heterocycles. The van der Waals surface area contributed by atoms with Gasteiger partial charge in [-0.3, -0.25) is 24.2 Å². The molecule has 2 aromatic carbocycles. The molecule has 0 spiro atoms. The van der Waals surface area contributed by atoms with Crippen LogP contribution in [-0.2, 0) is 36.9 Å². The van der Waals surface area contributed by atoms with Crippen LogP contribution in [0.2, 0.25) is 0 Å². The summed E-state index contributed by atoms with van der Waals surface area (Å²) in [6.07, 6.45) is 6.81. The molecular weight excluding hydrogens is 572 g/mol. The molecule has 45 heavy (non-hydrogen) atoms. The molecule has 0 aromatic heterocycles. The van der Waals surface area contributed by atoms with Crippen molar-refractivity contribution in [1.29, 1.82) is 0 Å². The molecule has 3 amide bonds. The number of carbonyl (C=O) groups excluding carboxylic acids is 4. The Morgan fingerprint density at radius 1 is 0.978 bits per heavy atom. The van der Waals surface area contributed by atoms with Gasteiger partial charge in [0.1, 0.15) is 30.5 Å². The summed E-state index contributed by atoms with van der Waals surface area (Å²) in [5.41, 5.74) is 5.50. The maximum absolute atomic E-state index is 13.9. The molecule has 2 aromatic rings. The molecule has 10 heteroatoms. The largest absolute Gasteiger partial charge is 0.508 e. The van der Waals surface area contributed by atoms with Gasteiger partial charge in [-0.1, -0.05) is 70.2 Å². The Kier molecular flexibility index (Phi) is 11.8. The number of hydrogen-bond donors (Lipinski definition) is 4. The van der Waals surface area contributed by atoms with E-state index in [0.717, 1.165) is 24.0 Å². The summed E-state index contributed by atoms with van der Waals surface area (Å²) in [6.45, 7) is 8.02. The van der Waals surface area contributed by atoms with Crippen LogP contribution < -0.4 is 16.1 Å².